The van der Waals surface area contributed by atoms with Gasteiger partial charge in [0.1, 0.15) is 22.9 Å². The highest BCUT2D eigenvalue weighted by Crippen LogP contribution is 2.34. The Morgan fingerprint density at radius 1 is 1.02 bits per heavy atom. The van der Waals surface area contributed by atoms with Crippen LogP contribution >= 0.6 is 0 Å². The lowest BCUT2D eigenvalue weighted by Crippen LogP contribution is -2.29. The molecule has 11 heteroatoms. The van der Waals surface area contributed by atoms with Crippen LogP contribution in [0.5, 0.6) is 5.88 Å². The first-order valence-corrected chi connectivity index (χ1v) is 14.1. The molecule has 0 spiro atoms. The van der Waals surface area contributed by atoms with Crippen LogP contribution in [0, 0.1) is 0 Å². The van der Waals surface area contributed by atoms with Gasteiger partial charge in [0.15, 0.2) is 5.82 Å². The summed E-state index contributed by atoms with van der Waals surface area (Å²) >= 11 is 0. The van der Waals surface area contributed by atoms with Crippen LogP contribution < -0.4 is 10.1 Å². The Morgan fingerprint density at radius 2 is 1.90 bits per heavy atom. The second-order valence-corrected chi connectivity index (χ2v) is 10.8. The quantitative estimate of drug-likeness (QED) is 0.353. The van der Waals surface area contributed by atoms with Gasteiger partial charge in [-0.05, 0) is 51.1 Å². The van der Waals surface area contributed by atoms with Crippen molar-refractivity contribution in [3.8, 4) is 28.7 Å². The first kappa shape index (κ1) is 24.8. The highest BCUT2D eigenvalue weighted by molar-refractivity contribution is 5.93. The third-order valence-electron chi connectivity index (χ3n) is 8.12. The Kier molecular flexibility index (Phi) is 6.22. The number of aromatic nitrogens is 8. The van der Waals surface area contributed by atoms with Gasteiger partial charge in [-0.15, -0.1) is 0 Å². The van der Waals surface area contributed by atoms with Crippen molar-refractivity contribution in [3.05, 3.63) is 48.5 Å². The van der Waals surface area contributed by atoms with Gasteiger partial charge in [0, 0.05) is 56.6 Å². The number of likely N-dealkylation sites (tertiary alicyclic amines) is 1. The number of piperidine rings is 1. The summed E-state index contributed by atoms with van der Waals surface area (Å²) in [6.07, 6.45) is 10.1. The summed E-state index contributed by atoms with van der Waals surface area (Å²) in [5.74, 6) is 2.55. The average molecular weight is 539 g/mol. The van der Waals surface area contributed by atoms with Crippen molar-refractivity contribution in [2.75, 3.05) is 25.0 Å². The molecule has 5 aromatic rings. The van der Waals surface area contributed by atoms with Crippen LogP contribution in [0.25, 0.3) is 33.7 Å². The summed E-state index contributed by atoms with van der Waals surface area (Å²) in [7, 11) is 4.01. The van der Waals surface area contributed by atoms with Gasteiger partial charge in [0.2, 0.25) is 5.88 Å². The Bertz CT molecular complexity index is 1680. The number of rotatable bonds is 3. The van der Waals surface area contributed by atoms with Gasteiger partial charge in [-0.3, -0.25) is 9.58 Å². The van der Waals surface area contributed by atoms with E-state index in [4.69, 9.17) is 19.8 Å². The molecule has 40 heavy (non-hydrogen) atoms. The summed E-state index contributed by atoms with van der Waals surface area (Å²) < 4.78 is 12.4. The summed E-state index contributed by atoms with van der Waals surface area (Å²) in [5.41, 5.74) is 5.12. The number of nitrogens with one attached hydrogen (secondary N) is 1. The average Bonchev–Trinajstić information content (AvgIpc) is 3.64. The van der Waals surface area contributed by atoms with Crippen molar-refractivity contribution in [1.29, 1.82) is 0 Å². The number of pyridine rings is 1. The largest absolute Gasteiger partial charge is 0.477 e. The van der Waals surface area contributed by atoms with Crippen LogP contribution in [0.1, 0.15) is 44.3 Å². The number of hydrogen-bond acceptors (Lipinski definition) is 8. The van der Waals surface area contributed by atoms with E-state index < -0.39 is 0 Å². The lowest BCUT2D eigenvalue weighted by atomic mass is 10.1. The minimum Gasteiger partial charge on any atom is -0.477 e. The van der Waals surface area contributed by atoms with E-state index in [1.807, 2.05) is 19.3 Å². The third kappa shape index (κ3) is 4.40. The van der Waals surface area contributed by atoms with Gasteiger partial charge < -0.3 is 14.6 Å². The molecule has 1 saturated heterocycles. The number of aryl methyl sites for hydroxylation is 1. The van der Waals surface area contributed by atoms with E-state index in [0.29, 0.717) is 29.9 Å². The lowest BCUT2D eigenvalue weighted by molar-refractivity contribution is 0.217. The standard InChI is InChI=1S/C29H34N10O/c1-19-10-14-40-29-22(17-32-37(29)3)28-30-11-9-25(34-28)33-26-15-24-21(16-31-26)27(35-39(19)24)23-8-7-20(36(23)2)18-38-12-5-4-6-13-38/h7-9,11,15-17,19H,4-6,10,12-14,18H2,1-3H3,(H,30,31,33,34)/t19-/m0/s1. The molecule has 0 unspecified atom stereocenters. The third-order valence-corrected chi connectivity index (χ3v) is 8.12. The van der Waals surface area contributed by atoms with Gasteiger partial charge in [-0.2, -0.15) is 10.2 Å². The first-order chi connectivity index (χ1) is 19.5. The molecule has 2 aliphatic rings. The summed E-state index contributed by atoms with van der Waals surface area (Å²) in [4.78, 5) is 16.5. The SMILES string of the molecule is C[C@H]1CCOc2c(cnn2C)-c2nccc(n2)Nc2cc3c(cn2)c(-c2ccc(CN4CCCCC4)n2C)nn31. The number of nitrogens with zero attached hydrogens (tertiary/aromatic N) is 9. The molecule has 0 saturated carbocycles. The summed E-state index contributed by atoms with van der Waals surface area (Å²) in [6.45, 7) is 6.00. The maximum atomic E-state index is 6.25. The predicted octanol–water partition coefficient (Wildman–Crippen LogP) is 4.70. The lowest BCUT2D eigenvalue weighted by Gasteiger charge is -2.26. The zero-order chi connectivity index (χ0) is 27.2. The fraction of sp³-hybridized carbons (Fsp3) is 0.414. The van der Waals surface area contributed by atoms with E-state index in [1.54, 1.807) is 17.1 Å². The Hall–Kier alpha value is -4.25. The fourth-order valence-electron chi connectivity index (χ4n) is 5.81. The molecule has 1 fully saturated rings. The predicted molar refractivity (Wildman–Crippen MR) is 153 cm³/mol. The van der Waals surface area contributed by atoms with Crippen LogP contribution in [0.15, 0.2) is 42.9 Å². The molecule has 1 N–H and O–H groups in total. The molecule has 2 aliphatic heterocycles. The Balaban J connectivity index is 1.29. The van der Waals surface area contributed by atoms with Gasteiger partial charge >= 0.3 is 0 Å². The monoisotopic (exact) mass is 538 g/mol. The zero-order valence-electron chi connectivity index (χ0n) is 23.2. The van der Waals surface area contributed by atoms with Crippen LogP contribution in [0.4, 0.5) is 11.6 Å². The molecule has 1 atom stereocenters. The van der Waals surface area contributed by atoms with E-state index in [2.05, 4.69) is 61.7 Å². The van der Waals surface area contributed by atoms with Crippen molar-refractivity contribution < 1.29 is 4.74 Å². The highest BCUT2D eigenvalue weighted by atomic mass is 16.5. The van der Waals surface area contributed by atoms with E-state index in [-0.39, 0.29) is 6.04 Å². The molecule has 4 bridgehead atoms. The van der Waals surface area contributed by atoms with Gasteiger partial charge in [-0.1, -0.05) is 6.42 Å². The minimum atomic E-state index is 0.0910. The van der Waals surface area contributed by atoms with E-state index in [0.717, 1.165) is 40.8 Å². The fourth-order valence-corrected chi connectivity index (χ4v) is 5.81. The minimum absolute atomic E-state index is 0.0910. The molecule has 7 heterocycles. The van der Waals surface area contributed by atoms with Crippen LogP contribution in [0.3, 0.4) is 0 Å². The summed E-state index contributed by atoms with van der Waals surface area (Å²) in [6, 6.07) is 8.41. The van der Waals surface area contributed by atoms with Crippen LogP contribution in [-0.4, -0.2) is 63.7 Å². The number of ether oxygens (including phenoxy) is 1. The van der Waals surface area contributed by atoms with Gasteiger partial charge in [0.25, 0.3) is 0 Å². The smallest absolute Gasteiger partial charge is 0.222 e. The zero-order valence-corrected chi connectivity index (χ0v) is 23.2. The van der Waals surface area contributed by atoms with Crippen molar-refractivity contribution >= 4 is 22.5 Å². The number of hydrogen-bond donors (Lipinski definition) is 1. The first-order valence-electron chi connectivity index (χ1n) is 14.1. The highest BCUT2D eigenvalue weighted by Gasteiger charge is 2.22. The molecule has 7 rings (SSSR count). The topological polar surface area (TPSA) is 104 Å². The van der Waals surface area contributed by atoms with E-state index in [1.165, 1.54) is 38.0 Å². The van der Waals surface area contributed by atoms with Crippen molar-refractivity contribution in [2.45, 2.75) is 45.2 Å². The molecule has 5 aromatic heterocycles. The second-order valence-electron chi connectivity index (χ2n) is 10.8. The van der Waals surface area contributed by atoms with E-state index in [9.17, 15) is 0 Å². The van der Waals surface area contributed by atoms with Crippen molar-refractivity contribution in [3.63, 3.8) is 0 Å². The van der Waals surface area contributed by atoms with Crippen molar-refractivity contribution in [1.82, 2.24) is 44.0 Å². The number of fused-ring (bicyclic) bond motifs is 5. The van der Waals surface area contributed by atoms with Crippen molar-refractivity contribution in [2.24, 2.45) is 14.1 Å². The molecule has 0 aliphatic carbocycles. The molecular formula is C29H34N10O. The normalized spacial score (nSPS) is 17.8. The molecule has 206 valence electrons. The maximum Gasteiger partial charge on any atom is 0.222 e. The molecule has 11 nitrogen and oxygen atoms in total. The number of anilines is 2. The Morgan fingerprint density at radius 3 is 2.77 bits per heavy atom. The Labute approximate surface area is 232 Å². The maximum absolute atomic E-state index is 6.25. The second kappa shape index (κ2) is 10.1. The van der Waals surface area contributed by atoms with Crippen LogP contribution in [0.2, 0.25) is 0 Å². The van der Waals surface area contributed by atoms with E-state index >= 15 is 0 Å². The molecule has 0 aromatic carbocycles. The molecule has 0 amide bonds. The molecule has 0 radical (unpaired) electrons. The molecular weight excluding hydrogens is 504 g/mol. The summed E-state index contributed by atoms with van der Waals surface area (Å²) in [5, 5.41) is 14.0. The van der Waals surface area contributed by atoms with Crippen LogP contribution in [-0.2, 0) is 20.6 Å². The van der Waals surface area contributed by atoms with Gasteiger partial charge in [0.05, 0.1) is 30.1 Å². The van der Waals surface area contributed by atoms with Gasteiger partial charge in [-0.25, -0.2) is 19.6 Å².